The van der Waals surface area contributed by atoms with Gasteiger partial charge >= 0.3 is 11.9 Å². The molecule has 0 N–H and O–H groups in total. The van der Waals surface area contributed by atoms with Crippen LogP contribution in [0.2, 0.25) is 0 Å². The maximum Gasteiger partial charge on any atom is 0.334 e. The van der Waals surface area contributed by atoms with Crippen molar-refractivity contribution in [3.63, 3.8) is 0 Å². The monoisotopic (exact) mass is 340 g/mol. The highest BCUT2D eigenvalue weighted by Gasteiger charge is 2.20. The largest absolute Gasteiger partial charge is 0.462 e. The van der Waals surface area contributed by atoms with E-state index in [4.69, 9.17) is 9.47 Å². The molecule has 4 nitrogen and oxygen atoms in total. The molecule has 0 radical (unpaired) electrons. The van der Waals surface area contributed by atoms with Gasteiger partial charge in [0.1, 0.15) is 0 Å². The lowest BCUT2D eigenvalue weighted by Gasteiger charge is -2.12. The molecule has 0 saturated carbocycles. The zero-order chi connectivity index (χ0) is 18.2. The van der Waals surface area contributed by atoms with Gasteiger partial charge in [-0.2, -0.15) is 0 Å². The third-order valence-electron chi connectivity index (χ3n) is 4.03. The van der Waals surface area contributed by atoms with Gasteiger partial charge in [-0.15, -0.1) is 0 Å². The number of unbranched alkanes of at least 4 members (excludes halogenated alkanes) is 6. The summed E-state index contributed by atoms with van der Waals surface area (Å²) >= 11 is 0. The van der Waals surface area contributed by atoms with Gasteiger partial charge in [-0.05, 0) is 25.7 Å². The minimum atomic E-state index is -0.367. The van der Waals surface area contributed by atoms with Gasteiger partial charge in [-0.25, -0.2) is 9.59 Å². The molecular weight excluding hydrogens is 304 g/mol. The van der Waals surface area contributed by atoms with Crippen molar-refractivity contribution in [2.24, 2.45) is 0 Å². The highest BCUT2D eigenvalue weighted by Crippen LogP contribution is 2.17. The van der Waals surface area contributed by atoms with Crippen molar-refractivity contribution in [1.82, 2.24) is 0 Å². The van der Waals surface area contributed by atoms with Gasteiger partial charge < -0.3 is 9.47 Å². The molecule has 0 unspecified atom stereocenters. The van der Waals surface area contributed by atoms with Crippen LogP contribution in [0.25, 0.3) is 0 Å². The molecule has 4 heteroatoms. The quantitative estimate of drug-likeness (QED) is 0.243. The number of carbonyl (C=O) groups is 2. The minimum Gasteiger partial charge on any atom is -0.462 e. The van der Waals surface area contributed by atoms with Gasteiger partial charge in [0.05, 0.1) is 13.2 Å². The zero-order valence-electron chi connectivity index (χ0n) is 16.1. The average Bonchev–Trinajstić information content (AvgIpc) is 2.58. The van der Waals surface area contributed by atoms with Crippen LogP contribution in [0, 0.1) is 0 Å². The molecule has 0 fully saturated rings. The Hall–Kier alpha value is -1.32. The fraction of sp³-hybridized carbons (Fsp3) is 0.800. The molecule has 0 aromatic carbocycles. The molecule has 0 atom stereocenters. The predicted octanol–water partition coefficient (Wildman–Crippen LogP) is 5.35. The summed E-state index contributed by atoms with van der Waals surface area (Å²) in [5.41, 5.74) is 0.929. The maximum absolute atomic E-state index is 12.2. The van der Waals surface area contributed by atoms with Crippen LogP contribution in [0.4, 0.5) is 0 Å². The SMILES string of the molecule is CCCCCCOC(=O)C(CC)=C(CC)C(=O)OCCCCCC. The second kappa shape index (κ2) is 15.2. The van der Waals surface area contributed by atoms with Crippen LogP contribution in [-0.2, 0) is 19.1 Å². The lowest BCUT2D eigenvalue weighted by molar-refractivity contribution is -0.142. The van der Waals surface area contributed by atoms with E-state index < -0.39 is 0 Å². The van der Waals surface area contributed by atoms with E-state index in [9.17, 15) is 9.59 Å². The molecule has 0 aliphatic heterocycles. The molecular formula is C20H36O4. The van der Waals surface area contributed by atoms with E-state index in [0.717, 1.165) is 51.4 Å². The van der Waals surface area contributed by atoms with E-state index in [-0.39, 0.29) is 11.9 Å². The molecule has 0 rings (SSSR count). The maximum atomic E-state index is 12.2. The van der Waals surface area contributed by atoms with Crippen LogP contribution < -0.4 is 0 Å². The molecule has 0 spiro atoms. The van der Waals surface area contributed by atoms with E-state index in [1.807, 2.05) is 13.8 Å². The standard InChI is InChI=1S/C20H36O4/c1-5-9-11-13-15-23-19(21)17(7-3)18(8-4)20(22)24-16-14-12-10-6-2/h5-16H2,1-4H3. The van der Waals surface area contributed by atoms with Crippen LogP contribution in [0.1, 0.15) is 91.9 Å². The summed E-state index contributed by atoms with van der Waals surface area (Å²) in [6.07, 6.45) is 9.46. The predicted molar refractivity (Wildman–Crippen MR) is 97.8 cm³/mol. The van der Waals surface area contributed by atoms with Gasteiger partial charge in [0, 0.05) is 11.1 Å². The number of rotatable bonds is 14. The van der Waals surface area contributed by atoms with Crippen LogP contribution in [0.3, 0.4) is 0 Å². The first kappa shape index (κ1) is 22.7. The normalized spacial score (nSPS) is 11.8. The molecule has 0 amide bonds. The van der Waals surface area contributed by atoms with E-state index in [1.165, 1.54) is 0 Å². The van der Waals surface area contributed by atoms with Crippen molar-refractivity contribution in [2.75, 3.05) is 13.2 Å². The summed E-state index contributed by atoms with van der Waals surface area (Å²) < 4.78 is 10.7. The second-order valence-corrected chi connectivity index (χ2v) is 6.06. The lowest BCUT2D eigenvalue weighted by atomic mass is 10.0. The van der Waals surface area contributed by atoms with E-state index >= 15 is 0 Å². The van der Waals surface area contributed by atoms with Gasteiger partial charge in [0.15, 0.2) is 0 Å². The molecule has 0 aromatic rings. The van der Waals surface area contributed by atoms with Gasteiger partial charge in [0.2, 0.25) is 0 Å². The van der Waals surface area contributed by atoms with Gasteiger partial charge in [-0.3, -0.25) is 0 Å². The Labute approximate surface area is 148 Å². The lowest BCUT2D eigenvalue weighted by Crippen LogP contribution is -2.17. The second-order valence-electron chi connectivity index (χ2n) is 6.06. The topological polar surface area (TPSA) is 52.6 Å². The molecule has 0 bridgehead atoms. The third-order valence-corrected chi connectivity index (χ3v) is 4.03. The first-order chi connectivity index (χ1) is 11.6. The number of ether oxygens (including phenoxy) is 2. The van der Waals surface area contributed by atoms with Gasteiger partial charge in [-0.1, -0.05) is 66.2 Å². The average molecular weight is 341 g/mol. The minimum absolute atomic E-state index is 0.367. The highest BCUT2D eigenvalue weighted by molar-refractivity contribution is 6.00. The fourth-order valence-corrected chi connectivity index (χ4v) is 2.52. The summed E-state index contributed by atoms with van der Waals surface area (Å²) in [7, 11) is 0. The Bertz CT molecular complexity index is 349. The smallest absolute Gasteiger partial charge is 0.334 e. The summed E-state index contributed by atoms with van der Waals surface area (Å²) in [6.45, 7) is 8.88. The summed E-state index contributed by atoms with van der Waals surface area (Å²) in [5.74, 6) is -0.734. The van der Waals surface area contributed by atoms with E-state index in [1.54, 1.807) is 0 Å². The Balaban J connectivity index is 4.52. The van der Waals surface area contributed by atoms with Gasteiger partial charge in [0.25, 0.3) is 0 Å². The van der Waals surface area contributed by atoms with E-state index in [2.05, 4.69) is 13.8 Å². The van der Waals surface area contributed by atoms with Crippen LogP contribution in [0.15, 0.2) is 11.1 Å². The molecule has 0 aliphatic rings. The molecule has 0 aliphatic carbocycles. The van der Waals surface area contributed by atoms with Crippen molar-refractivity contribution in [3.8, 4) is 0 Å². The number of hydrogen-bond acceptors (Lipinski definition) is 4. The van der Waals surface area contributed by atoms with Crippen LogP contribution >= 0.6 is 0 Å². The van der Waals surface area contributed by atoms with Crippen molar-refractivity contribution >= 4 is 11.9 Å². The first-order valence-corrected chi connectivity index (χ1v) is 9.68. The summed E-state index contributed by atoms with van der Waals surface area (Å²) in [6, 6.07) is 0. The van der Waals surface area contributed by atoms with Crippen LogP contribution in [-0.4, -0.2) is 25.2 Å². The Morgan fingerprint density at radius 2 is 0.958 bits per heavy atom. The molecule has 0 heterocycles. The number of esters is 2. The number of hydrogen-bond donors (Lipinski definition) is 0. The molecule has 0 aromatic heterocycles. The summed E-state index contributed by atoms with van der Waals surface area (Å²) in [4.78, 5) is 24.5. The van der Waals surface area contributed by atoms with Crippen molar-refractivity contribution in [3.05, 3.63) is 11.1 Å². The first-order valence-electron chi connectivity index (χ1n) is 9.68. The Morgan fingerprint density at radius 1 is 0.583 bits per heavy atom. The zero-order valence-corrected chi connectivity index (χ0v) is 16.1. The molecule has 24 heavy (non-hydrogen) atoms. The summed E-state index contributed by atoms with van der Waals surface area (Å²) in [5, 5.41) is 0. The van der Waals surface area contributed by atoms with Crippen molar-refractivity contribution in [1.29, 1.82) is 0 Å². The van der Waals surface area contributed by atoms with Crippen LogP contribution in [0.5, 0.6) is 0 Å². The fourth-order valence-electron chi connectivity index (χ4n) is 2.52. The van der Waals surface area contributed by atoms with E-state index in [0.29, 0.717) is 37.2 Å². The molecule has 0 saturated heterocycles. The van der Waals surface area contributed by atoms with Crippen molar-refractivity contribution < 1.29 is 19.1 Å². The number of carbonyl (C=O) groups excluding carboxylic acids is 2. The van der Waals surface area contributed by atoms with Crippen molar-refractivity contribution in [2.45, 2.75) is 91.9 Å². The molecule has 140 valence electrons. The highest BCUT2D eigenvalue weighted by atomic mass is 16.5. The third kappa shape index (κ3) is 9.74. The Morgan fingerprint density at radius 3 is 1.25 bits per heavy atom. The Kier molecular flexibility index (Phi) is 14.4.